The van der Waals surface area contributed by atoms with Crippen molar-refractivity contribution >= 4 is 36.3 Å². The average Bonchev–Trinajstić information content (AvgIpc) is 3.41. The highest BCUT2D eigenvalue weighted by Gasteiger charge is 2.37. The first kappa shape index (κ1) is 25.7. The highest BCUT2D eigenvalue weighted by atomic mass is 32.1. The number of aromatic nitrogens is 2. The van der Waals surface area contributed by atoms with Gasteiger partial charge in [0.15, 0.2) is 0 Å². The molecule has 1 aromatic rings. The van der Waals surface area contributed by atoms with E-state index in [2.05, 4.69) is 33.2 Å². The van der Waals surface area contributed by atoms with E-state index in [4.69, 9.17) is 5.73 Å². The zero-order valence-electron chi connectivity index (χ0n) is 18.3. The smallest absolute Gasteiger partial charge is 0.326 e. The molecule has 0 spiro atoms. The standard InChI is InChI=1S/C20H32N6O5S/c1-11(2)6-13(21)19(29)26-5-3-4-16(26)18(28)25-15(9-32)17(27)24-14(20(30)31)7-12-8-22-10-23-12/h8,10-11,13-16,32H,3-7,9,21H2,1-2H3,(H,22,23)(H,24,27)(H,25,28)(H,30,31). The summed E-state index contributed by atoms with van der Waals surface area (Å²) in [5.74, 6) is -2.46. The lowest BCUT2D eigenvalue weighted by Gasteiger charge is -2.28. The lowest BCUT2D eigenvalue weighted by atomic mass is 10.0. The number of hydrogen-bond acceptors (Lipinski definition) is 7. The van der Waals surface area contributed by atoms with Crippen LogP contribution in [0.3, 0.4) is 0 Å². The van der Waals surface area contributed by atoms with E-state index in [1.807, 2.05) is 13.8 Å². The molecule has 4 atom stereocenters. The summed E-state index contributed by atoms with van der Waals surface area (Å²) >= 11 is 4.13. The van der Waals surface area contributed by atoms with Crippen molar-refractivity contribution in [1.29, 1.82) is 0 Å². The van der Waals surface area contributed by atoms with E-state index in [0.717, 1.165) is 0 Å². The van der Waals surface area contributed by atoms with Gasteiger partial charge in [-0.05, 0) is 25.2 Å². The molecular formula is C20H32N6O5S. The van der Waals surface area contributed by atoms with Gasteiger partial charge in [-0.15, -0.1) is 0 Å². The van der Waals surface area contributed by atoms with Gasteiger partial charge in [0, 0.05) is 30.6 Å². The highest BCUT2D eigenvalue weighted by Crippen LogP contribution is 2.20. The van der Waals surface area contributed by atoms with E-state index in [0.29, 0.717) is 31.5 Å². The normalized spacial score (nSPS) is 18.8. The van der Waals surface area contributed by atoms with Gasteiger partial charge in [-0.3, -0.25) is 14.4 Å². The Morgan fingerprint density at radius 3 is 2.59 bits per heavy atom. The number of thiol groups is 1. The molecule has 11 nitrogen and oxygen atoms in total. The number of carbonyl (C=O) groups excluding carboxylic acids is 3. The summed E-state index contributed by atoms with van der Waals surface area (Å²) in [7, 11) is 0. The molecule has 1 aromatic heterocycles. The lowest BCUT2D eigenvalue weighted by Crippen LogP contribution is -2.57. The van der Waals surface area contributed by atoms with E-state index in [-0.39, 0.29) is 24.0 Å². The predicted octanol–water partition coefficient (Wildman–Crippen LogP) is -0.699. The first-order valence-electron chi connectivity index (χ1n) is 10.6. The first-order chi connectivity index (χ1) is 15.1. The second kappa shape index (κ2) is 11.9. The van der Waals surface area contributed by atoms with Crippen LogP contribution in [-0.4, -0.2) is 80.1 Å². The van der Waals surface area contributed by atoms with E-state index in [9.17, 15) is 24.3 Å². The number of carboxylic acids is 1. The molecule has 1 fully saturated rings. The Labute approximate surface area is 192 Å². The fourth-order valence-corrected chi connectivity index (χ4v) is 3.93. The maximum atomic E-state index is 12.9. The van der Waals surface area contributed by atoms with Crippen LogP contribution in [0.4, 0.5) is 0 Å². The molecule has 0 bridgehead atoms. The highest BCUT2D eigenvalue weighted by molar-refractivity contribution is 7.80. The molecule has 32 heavy (non-hydrogen) atoms. The molecule has 178 valence electrons. The van der Waals surface area contributed by atoms with E-state index in [1.54, 1.807) is 0 Å². The number of rotatable bonds is 11. The molecule has 4 unspecified atom stereocenters. The molecule has 1 aliphatic rings. The van der Waals surface area contributed by atoms with Crippen LogP contribution in [-0.2, 0) is 25.6 Å². The van der Waals surface area contributed by atoms with Crippen LogP contribution in [0.15, 0.2) is 12.5 Å². The van der Waals surface area contributed by atoms with Gasteiger partial charge >= 0.3 is 5.97 Å². The van der Waals surface area contributed by atoms with Crippen LogP contribution in [0.5, 0.6) is 0 Å². The SMILES string of the molecule is CC(C)CC(N)C(=O)N1CCCC1C(=O)NC(CS)C(=O)NC(Cc1cnc[nH]1)C(=O)O. The Morgan fingerprint density at radius 2 is 2.03 bits per heavy atom. The van der Waals surface area contributed by atoms with Crippen LogP contribution >= 0.6 is 12.6 Å². The van der Waals surface area contributed by atoms with Gasteiger partial charge in [0.25, 0.3) is 0 Å². The van der Waals surface area contributed by atoms with E-state index < -0.39 is 42.0 Å². The molecule has 2 rings (SSSR count). The second-order valence-electron chi connectivity index (χ2n) is 8.35. The van der Waals surface area contributed by atoms with Gasteiger partial charge in [-0.25, -0.2) is 9.78 Å². The number of nitrogens with one attached hydrogen (secondary N) is 3. The van der Waals surface area contributed by atoms with Gasteiger partial charge in [0.1, 0.15) is 18.1 Å². The van der Waals surface area contributed by atoms with Crippen molar-refractivity contribution in [3.63, 3.8) is 0 Å². The summed E-state index contributed by atoms with van der Waals surface area (Å²) in [5.41, 5.74) is 6.56. The Kier molecular flexibility index (Phi) is 9.51. The van der Waals surface area contributed by atoms with Crippen molar-refractivity contribution in [2.24, 2.45) is 11.7 Å². The molecule has 0 aromatic carbocycles. The Morgan fingerprint density at radius 1 is 1.31 bits per heavy atom. The van der Waals surface area contributed by atoms with Crippen LogP contribution in [0.2, 0.25) is 0 Å². The van der Waals surface area contributed by atoms with Crippen molar-refractivity contribution in [1.82, 2.24) is 25.5 Å². The molecule has 3 amide bonds. The Bertz CT molecular complexity index is 802. The third-order valence-corrected chi connectivity index (χ3v) is 5.66. The van der Waals surface area contributed by atoms with E-state index >= 15 is 0 Å². The van der Waals surface area contributed by atoms with Gasteiger partial charge in [0.05, 0.1) is 12.4 Å². The molecular weight excluding hydrogens is 436 g/mol. The first-order valence-corrected chi connectivity index (χ1v) is 11.2. The molecule has 12 heteroatoms. The maximum absolute atomic E-state index is 12.9. The van der Waals surface area contributed by atoms with E-state index in [1.165, 1.54) is 17.4 Å². The summed E-state index contributed by atoms with van der Waals surface area (Å²) < 4.78 is 0. The number of H-pyrrole nitrogens is 1. The van der Waals surface area contributed by atoms with Crippen LogP contribution < -0.4 is 16.4 Å². The zero-order valence-corrected chi connectivity index (χ0v) is 19.2. The summed E-state index contributed by atoms with van der Waals surface area (Å²) in [6, 6.07) is -3.68. The van der Waals surface area contributed by atoms with Crippen LogP contribution in [0.1, 0.15) is 38.8 Å². The van der Waals surface area contributed by atoms with Crippen LogP contribution in [0, 0.1) is 5.92 Å². The second-order valence-corrected chi connectivity index (χ2v) is 8.71. The van der Waals surface area contributed by atoms with Gasteiger partial charge in [0.2, 0.25) is 17.7 Å². The largest absolute Gasteiger partial charge is 0.480 e. The average molecular weight is 469 g/mol. The number of nitrogens with zero attached hydrogens (tertiary/aromatic N) is 2. The summed E-state index contributed by atoms with van der Waals surface area (Å²) in [5, 5.41) is 14.5. The van der Waals surface area contributed by atoms with Gasteiger partial charge in [-0.2, -0.15) is 12.6 Å². The Hall–Kier alpha value is -2.60. The summed E-state index contributed by atoms with van der Waals surface area (Å²) in [6.45, 7) is 4.35. The topological polar surface area (TPSA) is 171 Å². The lowest BCUT2D eigenvalue weighted by molar-refractivity contribution is -0.143. The van der Waals surface area contributed by atoms with Crippen molar-refractivity contribution in [3.05, 3.63) is 18.2 Å². The number of likely N-dealkylation sites (tertiary alicyclic amines) is 1. The Balaban J connectivity index is 2.00. The number of carboxylic acid groups (broad SMARTS) is 1. The minimum atomic E-state index is -1.22. The number of nitrogens with two attached hydrogens (primary N) is 1. The van der Waals surface area contributed by atoms with Crippen molar-refractivity contribution in [2.75, 3.05) is 12.3 Å². The third kappa shape index (κ3) is 6.95. The number of carbonyl (C=O) groups is 4. The molecule has 0 saturated carbocycles. The number of amides is 3. The predicted molar refractivity (Wildman–Crippen MR) is 120 cm³/mol. The number of hydrogen-bond donors (Lipinski definition) is 6. The monoisotopic (exact) mass is 468 g/mol. The van der Waals surface area contributed by atoms with Crippen molar-refractivity contribution in [3.8, 4) is 0 Å². The van der Waals surface area contributed by atoms with Crippen molar-refractivity contribution in [2.45, 2.75) is 63.7 Å². The number of aromatic amines is 1. The van der Waals surface area contributed by atoms with Crippen LogP contribution in [0.25, 0.3) is 0 Å². The maximum Gasteiger partial charge on any atom is 0.326 e. The third-order valence-electron chi connectivity index (χ3n) is 5.29. The summed E-state index contributed by atoms with van der Waals surface area (Å²) in [4.78, 5) is 57.9. The van der Waals surface area contributed by atoms with Gasteiger partial charge in [-0.1, -0.05) is 13.8 Å². The number of imidazole rings is 1. The fraction of sp³-hybridized carbons (Fsp3) is 0.650. The number of aliphatic carboxylic acids is 1. The van der Waals surface area contributed by atoms with Gasteiger partial charge < -0.3 is 31.4 Å². The molecule has 0 aliphatic carbocycles. The molecule has 1 aliphatic heterocycles. The van der Waals surface area contributed by atoms with Crippen molar-refractivity contribution < 1.29 is 24.3 Å². The zero-order chi connectivity index (χ0) is 23.8. The summed E-state index contributed by atoms with van der Waals surface area (Å²) in [6.07, 6.45) is 4.51. The molecule has 6 N–H and O–H groups in total. The minimum absolute atomic E-state index is 0.00690. The molecule has 0 radical (unpaired) electrons. The quantitative estimate of drug-likeness (QED) is 0.233. The molecule has 1 saturated heterocycles. The molecule has 2 heterocycles. The minimum Gasteiger partial charge on any atom is -0.480 e. The fourth-order valence-electron chi connectivity index (χ4n) is 3.68.